The quantitative estimate of drug-likeness (QED) is 0.839. The summed E-state index contributed by atoms with van der Waals surface area (Å²) in [5, 5.41) is 0. The van der Waals surface area contributed by atoms with Crippen LogP contribution in [0, 0.1) is 5.82 Å². The first-order valence-corrected chi connectivity index (χ1v) is 6.50. The molecular weight excluding hydrogens is 253 g/mol. The van der Waals surface area contributed by atoms with Gasteiger partial charge in [-0.1, -0.05) is 18.2 Å². The van der Waals surface area contributed by atoms with E-state index in [1.807, 2.05) is 55.6 Å². The monoisotopic (exact) mass is 271 g/mol. The second kappa shape index (κ2) is 6.70. The van der Waals surface area contributed by atoms with Crippen LogP contribution >= 0.6 is 0 Å². The third-order valence-corrected chi connectivity index (χ3v) is 2.88. The van der Waals surface area contributed by atoms with E-state index in [1.54, 1.807) is 12.4 Å². The average Bonchev–Trinajstić information content (AvgIpc) is 2.85. The zero-order valence-electron chi connectivity index (χ0n) is 11.7. The molecule has 1 N–H and O–H groups in total. The van der Waals surface area contributed by atoms with Crippen LogP contribution in [0.3, 0.4) is 0 Å². The Bertz CT molecular complexity index is 653. The molecule has 1 aromatic heterocycles. The number of H-pyrrole nitrogens is 1. The van der Waals surface area contributed by atoms with E-state index in [4.69, 9.17) is 0 Å². The minimum absolute atomic E-state index is 0.218. The molecule has 104 valence electrons. The number of halogens is 1. The summed E-state index contributed by atoms with van der Waals surface area (Å²) in [6, 6.07) is 3.27. The molecular formula is C16H18FN3. The minimum Gasteiger partial charge on any atom is -0.358 e. The molecule has 0 saturated heterocycles. The molecule has 0 fully saturated rings. The maximum atomic E-state index is 13.8. The lowest BCUT2D eigenvalue weighted by atomic mass is 10.1. The van der Waals surface area contributed by atoms with Crippen LogP contribution in [0.25, 0.3) is 11.0 Å². The molecule has 4 heteroatoms. The van der Waals surface area contributed by atoms with E-state index in [0.29, 0.717) is 17.5 Å². The second-order valence-electron chi connectivity index (χ2n) is 4.48. The molecule has 0 aliphatic carbocycles. The highest BCUT2D eigenvalue weighted by atomic mass is 19.1. The molecule has 0 atom stereocenters. The van der Waals surface area contributed by atoms with Crippen molar-refractivity contribution in [2.24, 2.45) is 0 Å². The Kier molecular flexibility index (Phi) is 4.71. The van der Waals surface area contributed by atoms with Crippen molar-refractivity contribution < 1.29 is 4.39 Å². The van der Waals surface area contributed by atoms with Gasteiger partial charge in [0.2, 0.25) is 0 Å². The van der Waals surface area contributed by atoms with E-state index in [9.17, 15) is 4.39 Å². The highest BCUT2D eigenvalue weighted by Gasteiger charge is 2.04. The first kappa shape index (κ1) is 14.1. The summed E-state index contributed by atoms with van der Waals surface area (Å²) in [6.45, 7) is 1.97. The molecule has 0 amide bonds. The molecule has 20 heavy (non-hydrogen) atoms. The molecule has 0 unspecified atom stereocenters. The summed E-state index contributed by atoms with van der Waals surface area (Å²) < 4.78 is 13.8. The highest BCUT2D eigenvalue weighted by Crippen LogP contribution is 2.16. The SMILES string of the molecule is C/C=C/N(C)/C=C\C=C\Cc1cc2[nH]cnc2cc1F. The third kappa shape index (κ3) is 3.57. The van der Waals surface area contributed by atoms with Crippen molar-refractivity contribution in [2.45, 2.75) is 13.3 Å². The zero-order valence-corrected chi connectivity index (χ0v) is 11.7. The van der Waals surface area contributed by atoms with Crippen LogP contribution in [-0.4, -0.2) is 21.9 Å². The number of benzene rings is 1. The standard InChI is InChI=1S/C16H18FN3/c1-3-8-20(2)9-6-4-5-7-13-10-15-16(11-14(13)17)19-12-18-15/h3-6,8-12H,7H2,1-2H3,(H,18,19)/b5-4+,8-3+,9-6-. The van der Waals surface area contributed by atoms with Gasteiger partial charge in [-0.3, -0.25) is 0 Å². The molecule has 0 bridgehead atoms. The van der Waals surface area contributed by atoms with Crippen molar-refractivity contribution in [3.8, 4) is 0 Å². The van der Waals surface area contributed by atoms with Crippen LogP contribution in [0.15, 0.2) is 55.2 Å². The molecule has 3 nitrogen and oxygen atoms in total. The van der Waals surface area contributed by atoms with Gasteiger partial charge in [0.05, 0.1) is 17.4 Å². The van der Waals surface area contributed by atoms with Crippen LogP contribution in [0.4, 0.5) is 4.39 Å². The van der Waals surface area contributed by atoms with Crippen molar-refractivity contribution in [3.05, 3.63) is 66.5 Å². The van der Waals surface area contributed by atoms with Gasteiger partial charge < -0.3 is 9.88 Å². The molecule has 1 aromatic carbocycles. The van der Waals surface area contributed by atoms with Crippen LogP contribution in [0.5, 0.6) is 0 Å². The number of rotatable bonds is 5. The largest absolute Gasteiger partial charge is 0.358 e. The summed E-state index contributed by atoms with van der Waals surface area (Å²) >= 11 is 0. The molecule has 2 aromatic rings. The number of fused-ring (bicyclic) bond motifs is 1. The minimum atomic E-state index is -0.218. The van der Waals surface area contributed by atoms with Crippen LogP contribution in [0.2, 0.25) is 0 Å². The molecule has 0 radical (unpaired) electrons. The third-order valence-electron chi connectivity index (χ3n) is 2.88. The Morgan fingerprint density at radius 2 is 2.15 bits per heavy atom. The molecule has 0 aliphatic heterocycles. The van der Waals surface area contributed by atoms with Crippen molar-refractivity contribution >= 4 is 11.0 Å². The Labute approximate surface area is 118 Å². The fourth-order valence-electron chi connectivity index (χ4n) is 1.90. The lowest BCUT2D eigenvalue weighted by molar-refractivity contribution is 0.616. The van der Waals surface area contributed by atoms with E-state index >= 15 is 0 Å². The average molecular weight is 271 g/mol. The summed E-state index contributed by atoms with van der Waals surface area (Å²) in [7, 11) is 1.95. The smallest absolute Gasteiger partial charge is 0.129 e. The number of imidazole rings is 1. The number of nitrogens with zero attached hydrogens (tertiary/aromatic N) is 2. The first-order valence-electron chi connectivity index (χ1n) is 6.50. The topological polar surface area (TPSA) is 31.9 Å². The fraction of sp³-hybridized carbons (Fsp3) is 0.188. The highest BCUT2D eigenvalue weighted by molar-refractivity contribution is 5.75. The van der Waals surface area contributed by atoms with Gasteiger partial charge in [-0.05, 0) is 37.3 Å². The molecule has 0 aliphatic rings. The molecule has 2 rings (SSSR count). The number of aromatic nitrogens is 2. The van der Waals surface area contributed by atoms with Gasteiger partial charge in [0.15, 0.2) is 0 Å². The van der Waals surface area contributed by atoms with Crippen molar-refractivity contribution in [1.29, 1.82) is 0 Å². The van der Waals surface area contributed by atoms with Crippen LogP contribution in [-0.2, 0) is 6.42 Å². The summed E-state index contributed by atoms with van der Waals surface area (Å²) in [4.78, 5) is 8.96. The normalized spacial score (nSPS) is 12.3. The van der Waals surface area contributed by atoms with Gasteiger partial charge in [-0.25, -0.2) is 9.37 Å². The zero-order chi connectivity index (χ0) is 14.4. The van der Waals surface area contributed by atoms with Gasteiger partial charge in [-0.15, -0.1) is 0 Å². The maximum Gasteiger partial charge on any atom is 0.129 e. The van der Waals surface area contributed by atoms with E-state index in [0.717, 1.165) is 5.52 Å². The Balaban J connectivity index is 2.00. The summed E-state index contributed by atoms with van der Waals surface area (Å²) in [6.07, 6.45) is 13.7. The van der Waals surface area contributed by atoms with Crippen LogP contribution in [0.1, 0.15) is 12.5 Å². The summed E-state index contributed by atoms with van der Waals surface area (Å²) in [5.74, 6) is -0.218. The Hall–Kier alpha value is -2.36. The number of nitrogens with one attached hydrogen (secondary N) is 1. The predicted molar refractivity (Wildman–Crippen MR) is 80.6 cm³/mol. The molecule has 1 heterocycles. The van der Waals surface area contributed by atoms with Gasteiger partial charge in [0.1, 0.15) is 5.82 Å². The molecule has 0 spiro atoms. The van der Waals surface area contributed by atoms with Gasteiger partial charge in [-0.2, -0.15) is 0 Å². The fourth-order valence-corrected chi connectivity index (χ4v) is 1.90. The van der Waals surface area contributed by atoms with E-state index in [2.05, 4.69) is 9.97 Å². The second-order valence-corrected chi connectivity index (χ2v) is 4.48. The van der Waals surface area contributed by atoms with E-state index < -0.39 is 0 Å². The predicted octanol–water partition coefficient (Wildman–Crippen LogP) is 3.78. The van der Waals surface area contributed by atoms with Crippen molar-refractivity contribution in [3.63, 3.8) is 0 Å². The van der Waals surface area contributed by atoms with Gasteiger partial charge in [0.25, 0.3) is 0 Å². The Morgan fingerprint density at radius 3 is 2.95 bits per heavy atom. The van der Waals surface area contributed by atoms with E-state index in [1.165, 1.54) is 6.07 Å². The number of hydrogen-bond donors (Lipinski definition) is 1. The maximum absolute atomic E-state index is 13.8. The Morgan fingerprint density at radius 1 is 1.30 bits per heavy atom. The van der Waals surface area contributed by atoms with Crippen molar-refractivity contribution in [2.75, 3.05) is 7.05 Å². The molecule has 0 saturated carbocycles. The van der Waals surface area contributed by atoms with Crippen molar-refractivity contribution in [1.82, 2.24) is 14.9 Å². The number of allylic oxidation sites excluding steroid dienone is 4. The number of hydrogen-bond acceptors (Lipinski definition) is 2. The lowest BCUT2D eigenvalue weighted by Gasteiger charge is -2.04. The van der Waals surface area contributed by atoms with E-state index in [-0.39, 0.29) is 5.82 Å². The lowest BCUT2D eigenvalue weighted by Crippen LogP contribution is -1.98. The van der Waals surface area contributed by atoms with Gasteiger partial charge in [0, 0.05) is 19.3 Å². The van der Waals surface area contributed by atoms with Crippen LogP contribution < -0.4 is 0 Å². The first-order chi connectivity index (χ1) is 9.70. The summed E-state index contributed by atoms with van der Waals surface area (Å²) in [5.41, 5.74) is 2.18. The number of aromatic amines is 1. The van der Waals surface area contributed by atoms with Gasteiger partial charge >= 0.3 is 0 Å².